The van der Waals surface area contributed by atoms with Crippen LogP contribution in [-0.4, -0.2) is 58.8 Å². The maximum absolute atomic E-state index is 13.9. The van der Waals surface area contributed by atoms with Gasteiger partial charge in [0.05, 0.1) is 25.3 Å². The largest absolute Gasteiger partial charge is 0.502 e. The first-order valence-electron chi connectivity index (χ1n) is 10.4. The van der Waals surface area contributed by atoms with E-state index in [1.54, 1.807) is 16.8 Å². The van der Waals surface area contributed by atoms with E-state index in [-0.39, 0.29) is 35.8 Å². The van der Waals surface area contributed by atoms with E-state index in [9.17, 15) is 28.3 Å². The minimum absolute atomic E-state index is 0.0460. The van der Waals surface area contributed by atoms with E-state index in [4.69, 9.17) is 4.74 Å². The molecule has 8 nitrogen and oxygen atoms in total. The topological polar surface area (TPSA) is 92.1 Å². The molecule has 0 spiro atoms. The number of carbonyl (C=O) groups excluding carboxylic acids is 2. The molecule has 32 heavy (non-hydrogen) atoms. The molecule has 1 N–H and O–H groups in total. The lowest BCUT2D eigenvalue weighted by Crippen LogP contribution is -2.61. The van der Waals surface area contributed by atoms with Gasteiger partial charge in [0, 0.05) is 31.6 Å². The van der Waals surface area contributed by atoms with Crippen molar-refractivity contribution in [3.63, 3.8) is 0 Å². The summed E-state index contributed by atoms with van der Waals surface area (Å²) >= 11 is 0. The number of nitrogens with zero attached hydrogens (tertiary/aromatic N) is 3. The second-order valence-corrected chi connectivity index (χ2v) is 7.71. The first-order chi connectivity index (χ1) is 15.3. The lowest BCUT2D eigenvalue weighted by atomic mass is 10.0. The van der Waals surface area contributed by atoms with Gasteiger partial charge in [-0.2, -0.15) is 0 Å². The molecule has 1 atom stereocenters. The second-order valence-electron chi connectivity index (χ2n) is 7.71. The number of carbonyl (C=O) groups is 2. The van der Waals surface area contributed by atoms with Crippen LogP contribution in [0, 0.1) is 11.6 Å². The minimum Gasteiger partial charge on any atom is -0.502 e. The van der Waals surface area contributed by atoms with Crippen LogP contribution in [0.2, 0.25) is 0 Å². The van der Waals surface area contributed by atoms with Crippen LogP contribution in [0.15, 0.2) is 29.2 Å². The molecule has 1 saturated heterocycles. The summed E-state index contributed by atoms with van der Waals surface area (Å²) in [7, 11) is 0. The van der Waals surface area contributed by atoms with E-state index in [2.05, 4.69) is 0 Å². The highest BCUT2D eigenvalue weighted by Crippen LogP contribution is 2.27. The SMILES string of the molecule is CCN1C(=O)c2c(O)c(=O)c(C(=O)CCc3ccc(F)cc3F)cn2N2CCOCC[C@@H]12. The van der Waals surface area contributed by atoms with E-state index >= 15 is 0 Å². The summed E-state index contributed by atoms with van der Waals surface area (Å²) in [6.07, 6.45) is 1.18. The third-order valence-corrected chi connectivity index (χ3v) is 5.87. The molecule has 1 fully saturated rings. The number of hydrogen-bond acceptors (Lipinski definition) is 6. The second kappa shape index (κ2) is 8.70. The molecule has 170 valence electrons. The first kappa shape index (κ1) is 21.9. The molecule has 1 aromatic heterocycles. The molecule has 0 bridgehead atoms. The minimum atomic E-state index is -0.949. The number of ether oxygens (including phenoxy) is 1. The number of aromatic hydroxyl groups is 1. The van der Waals surface area contributed by atoms with Crippen LogP contribution >= 0.6 is 0 Å². The van der Waals surface area contributed by atoms with Gasteiger partial charge in [0.1, 0.15) is 17.8 Å². The number of benzene rings is 1. The highest BCUT2D eigenvalue weighted by Gasteiger charge is 2.40. The zero-order valence-corrected chi connectivity index (χ0v) is 17.5. The predicted molar refractivity (Wildman–Crippen MR) is 110 cm³/mol. The number of aryl methyl sites for hydroxylation is 1. The van der Waals surface area contributed by atoms with Crippen molar-refractivity contribution in [3.05, 3.63) is 63.1 Å². The van der Waals surface area contributed by atoms with Gasteiger partial charge < -0.3 is 14.7 Å². The van der Waals surface area contributed by atoms with Gasteiger partial charge in [-0.3, -0.25) is 24.1 Å². The van der Waals surface area contributed by atoms with Crippen LogP contribution < -0.4 is 10.4 Å². The molecule has 0 unspecified atom stereocenters. The molecule has 0 radical (unpaired) electrons. The van der Waals surface area contributed by atoms with Gasteiger partial charge in [-0.05, 0) is 25.0 Å². The van der Waals surface area contributed by atoms with Gasteiger partial charge in [-0.1, -0.05) is 6.07 Å². The zero-order valence-electron chi connectivity index (χ0n) is 17.5. The summed E-state index contributed by atoms with van der Waals surface area (Å²) in [6.45, 7) is 3.39. The molecular formula is C22H23F2N3O5. The number of halogens is 2. The lowest BCUT2D eigenvalue weighted by Gasteiger charge is -2.45. The van der Waals surface area contributed by atoms with Crippen molar-refractivity contribution in [1.82, 2.24) is 9.58 Å². The molecule has 0 aliphatic carbocycles. The molecule has 4 rings (SSSR count). The van der Waals surface area contributed by atoms with E-state index in [1.807, 2.05) is 0 Å². The van der Waals surface area contributed by atoms with Crippen molar-refractivity contribution in [2.75, 3.05) is 31.3 Å². The quantitative estimate of drug-likeness (QED) is 0.703. The summed E-state index contributed by atoms with van der Waals surface area (Å²) in [6, 6.07) is 3.07. The monoisotopic (exact) mass is 447 g/mol. The Morgan fingerprint density at radius 1 is 1.25 bits per heavy atom. The van der Waals surface area contributed by atoms with Crippen molar-refractivity contribution >= 4 is 11.7 Å². The summed E-state index contributed by atoms with van der Waals surface area (Å²) < 4.78 is 33.9. The summed E-state index contributed by atoms with van der Waals surface area (Å²) in [4.78, 5) is 40.2. The Labute approximate surface area is 182 Å². The van der Waals surface area contributed by atoms with Crippen LogP contribution in [0.25, 0.3) is 0 Å². The molecule has 1 amide bonds. The van der Waals surface area contributed by atoms with Crippen LogP contribution in [0.5, 0.6) is 5.75 Å². The molecule has 2 aliphatic rings. The fourth-order valence-electron chi connectivity index (χ4n) is 4.24. The van der Waals surface area contributed by atoms with Crippen molar-refractivity contribution < 1.29 is 28.2 Å². The summed E-state index contributed by atoms with van der Waals surface area (Å²) in [5, 5.41) is 12.4. The third-order valence-electron chi connectivity index (χ3n) is 5.87. The maximum atomic E-state index is 13.9. The highest BCUT2D eigenvalue weighted by molar-refractivity contribution is 6.00. The van der Waals surface area contributed by atoms with E-state index in [0.717, 1.165) is 12.1 Å². The fourth-order valence-corrected chi connectivity index (χ4v) is 4.24. The van der Waals surface area contributed by atoms with Crippen molar-refractivity contribution in [1.29, 1.82) is 0 Å². The Bertz CT molecular complexity index is 1130. The molecule has 2 aromatic rings. The van der Waals surface area contributed by atoms with Gasteiger partial charge in [0.2, 0.25) is 5.43 Å². The van der Waals surface area contributed by atoms with Crippen molar-refractivity contribution in [2.24, 2.45) is 0 Å². The van der Waals surface area contributed by atoms with Gasteiger partial charge in [-0.25, -0.2) is 8.78 Å². The predicted octanol–water partition coefficient (Wildman–Crippen LogP) is 1.81. The molecule has 0 saturated carbocycles. The number of Topliss-reactive ketones (excluding diaryl/α,β-unsaturated/α-hetero) is 1. The Hall–Kier alpha value is -3.27. The maximum Gasteiger partial charge on any atom is 0.278 e. The summed E-state index contributed by atoms with van der Waals surface area (Å²) in [5.41, 5.74) is -1.30. The fraction of sp³-hybridized carbons (Fsp3) is 0.409. The van der Waals surface area contributed by atoms with Gasteiger partial charge in [0.15, 0.2) is 17.2 Å². The number of rotatable bonds is 5. The van der Waals surface area contributed by atoms with E-state index in [1.165, 1.54) is 16.9 Å². The number of ketones is 1. The first-order valence-corrected chi connectivity index (χ1v) is 10.4. The number of fused-ring (bicyclic) bond motifs is 3. The number of pyridine rings is 1. The number of hydrogen-bond donors (Lipinski definition) is 1. The van der Waals surface area contributed by atoms with Gasteiger partial charge in [0.25, 0.3) is 5.91 Å². The Morgan fingerprint density at radius 3 is 2.75 bits per heavy atom. The van der Waals surface area contributed by atoms with Gasteiger partial charge >= 0.3 is 0 Å². The van der Waals surface area contributed by atoms with Crippen LogP contribution in [-0.2, 0) is 11.2 Å². The average molecular weight is 447 g/mol. The third kappa shape index (κ3) is 3.75. The molecule has 2 aliphatic heterocycles. The van der Waals surface area contributed by atoms with Crippen LogP contribution in [0.1, 0.15) is 46.2 Å². The lowest BCUT2D eigenvalue weighted by molar-refractivity contribution is 0.0566. The normalized spacial score (nSPS) is 18.2. The van der Waals surface area contributed by atoms with Gasteiger partial charge in [-0.15, -0.1) is 0 Å². The summed E-state index contributed by atoms with van der Waals surface area (Å²) in [5.74, 6) is -3.41. The Morgan fingerprint density at radius 2 is 2.03 bits per heavy atom. The average Bonchev–Trinajstić information content (AvgIpc) is 3.01. The van der Waals surface area contributed by atoms with Crippen molar-refractivity contribution in [2.45, 2.75) is 32.4 Å². The van der Waals surface area contributed by atoms with Crippen LogP contribution in [0.4, 0.5) is 8.78 Å². The Balaban J connectivity index is 1.70. The Kier molecular flexibility index (Phi) is 5.96. The molecule has 3 heterocycles. The van der Waals surface area contributed by atoms with E-state index in [0.29, 0.717) is 32.7 Å². The van der Waals surface area contributed by atoms with Crippen molar-refractivity contribution in [3.8, 4) is 5.75 Å². The van der Waals surface area contributed by atoms with E-state index < -0.39 is 34.5 Å². The number of aromatic nitrogens is 1. The zero-order chi connectivity index (χ0) is 23.0. The number of amides is 1. The molecule has 1 aromatic carbocycles. The smallest absolute Gasteiger partial charge is 0.278 e. The highest BCUT2D eigenvalue weighted by atomic mass is 19.1. The molecule has 10 heteroatoms. The van der Waals surface area contributed by atoms with Crippen LogP contribution in [0.3, 0.4) is 0 Å². The molecular weight excluding hydrogens is 424 g/mol. The standard InChI is InChI=1S/C22H23F2N3O5/c1-2-25-18-7-9-32-10-8-26(18)27-12-15(20(29)21(30)19(27)22(25)31)17(28)6-4-13-3-5-14(23)11-16(13)24/h3,5,11-12,18,30H,2,4,6-10H2,1H3/t18-/m0/s1.